The predicted molar refractivity (Wildman–Crippen MR) is 89.0 cm³/mol. The van der Waals surface area contributed by atoms with Crippen LogP contribution in [0.4, 0.5) is 30.7 Å². The summed E-state index contributed by atoms with van der Waals surface area (Å²) in [4.78, 5) is 0. The first-order chi connectivity index (χ1) is 13.0. The third-order valence-electron chi connectivity index (χ3n) is 3.67. The molecule has 0 bridgehead atoms. The van der Waals surface area contributed by atoms with E-state index in [4.69, 9.17) is 6.15 Å². The topological polar surface area (TPSA) is 18.5 Å². The molecule has 0 saturated heterocycles. The van der Waals surface area contributed by atoms with Crippen molar-refractivity contribution in [1.82, 2.24) is 0 Å². The van der Waals surface area contributed by atoms with Gasteiger partial charge in [-0.25, -0.2) is 0 Å². The second-order valence-corrected chi connectivity index (χ2v) is 10.7. The van der Waals surface area contributed by atoms with Crippen LogP contribution in [0.2, 0.25) is 4.44 Å². The summed E-state index contributed by atoms with van der Waals surface area (Å²) in [6.45, 7) is -0.420. The number of halogens is 7. The maximum atomic E-state index is 13.8. The van der Waals surface area contributed by atoms with E-state index in [0.29, 0.717) is 11.1 Å². The molecule has 1 radical (unpaired) electrons. The van der Waals surface area contributed by atoms with Crippen molar-refractivity contribution in [3.63, 3.8) is 0 Å². The molecule has 28 heavy (non-hydrogen) atoms. The normalized spacial score (nSPS) is 13.1. The van der Waals surface area contributed by atoms with E-state index < -0.39 is 43.0 Å². The van der Waals surface area contributed by atoms with E-state index in [1.54, 1.807) is 60.7 Å². The van der Waals surface area contributed by atoms with Gasteiger partial charge in [-0.1, -0.05) is 0 Å². The first-order valence-corrected chi connectivity index (χ1v) is 12.4. The van der Waals surface area contributed by atoms with Crippen LogP contribution in [0.3, 0.4) is 0 Å². The third-order valence-corrected chi connectivity index (χ3v) is 8.42. The number of hydrogen-bond acceptors (Lipinski definition) is 2. The Hall–Kier alpha value is -1.33. The van der Waals surface area contributed by atoms with Gasteiger partial charge in [-0.05, 0) is 0 Å². The van der Waals surface area contributed by atoms with Crippen molar-refractivity contribution in [2.75, 3.05) is 0 Å². The summed E-state index contributed by atoms with van der Waals surface area (Å²) in [5.74, 6) is -11.5. The zero-order valence-corrected chi connectivity index (χ0v) is 17.2. The van der Waals surface area contributed by atoms with Gasteiger partial charge in [0.2, 0.25) is 0 Å². The SMILES string of the molecule is FC(F)(F)C(F)(F)C(F)(F)[CH2][Sn]([O]Cc1ccccc1)[O]Cc1ccccc1. The van der Waals surface area contributed by atoms with Crippen LogP contribution in [-0.2, 0) is 19.4 Å². The molecule has 2 nitrogen and oxygen atoms in total. The van der Waals surface area contributed by atoms with E-state index in [2.05, 4.69) is 0 Å². The molecule has 0 aliphatic heterocycles. The fourth-order valence-electron chi connectivity index (χ4n) is 2.12. The molecule has 0 amide bonds. The summed E-state index contributed by atoms with van der Waals surface area (Å²) in [7, 11) is 0. The van der Waals surface area contributed by atoms with Crippen LogP contribution >= 0.6 is 0 Å². The molecule has 2 aromatic rings. The van der Waals surface area contributed by atoms with Crippen molar-refractivity contribution in [1.29, 1.82) is 0 Å². The van der Waals surface area contributed by atoms with Gasteiger partial charge in [0.05, 0.1) is 0 Å². The quantitative estimate of drug-likeness (QED) is 0.313. The van der Waals surface area contributed by atoms with E-state index in [0.717, 1.165) is 0 Å². The Kier molecular flexibility index (Phi) is 7.74. The predicted octanol–water partition coefficient (Wildman–Crippen LogP) is 5.74. The second-order valence-electron chi connectivity index (χ2n) is 5.87. The molecule has 0 aliphatic rings. The van der Waals surface area contributed by atoms with Gasteiger partial charge in [-0.3, -0.25) is 0 Å². The first-order valence-electron chi connectivity index (χ1n) is 8.04. The van der Waals surface area contributed by atoms with Crippen LogP contribution < -0.4 is 0 Å². The van der Waals surface area contributed by atoms with Crippen LogP contribution in [0, 0.1) is 0 Å². The number of alkyl halides is 7. The Morgan fingerprint density at radius 3 is 1.39 bits per heavy atom. The standard InChI is InChI=1S/2C7H7O.C4H2F7.Sn/c2*8-6-7-4-2-1-3-5-7;1-2(5,6)3(7,8)4(9,10)11;/h2*1-5H,6H2;1H2;/q2*-1;;+2. The zero-order valence-electron chi connectivity index (χ0n) is 14.4. The number of benzene rings is 2. The van der Waals surface area contributed by atoms with E-state index in [1.807, 2.05) is 0 Å². The van der Waals surface area contributed by atoms with Gasteiger partial charge < -0.3 is 0 Å². The van der Waals surface area contributed by atoms with Crippen molar-refractivity contribution < 1.29 is 36.9 Å². The summed E-state index contributed by atoms with van der Waals surface area (Å²) in [5, 5.41) is 0. The average Bonchev–Trinajstić information content (AvgIpc) is 2.64. The Morgan fingerprint density at radius 1 is 0.643 bits per heavy atom. The summed E-state index contributed by atoms with van der Waals surface area (Å²) >= 11 is -4.27. The van der Waals surface area contributed by atoms with Crippen LogP contribution in [0.15, 0.2) is 60.7 Å². The van der Waals surface area contributed by atoms with Gasteiger partial charge in [-0.15, -0.1) is 0 Å². The van der Waals surface area contributed by atoms with Crippen LogP contribution in [0.1, 0.15) is 11.1 Å². The fraction of sp³-hybridized carbons (Fsp3) is 0.333. The summed E-state index contributed by atoms with van der Waals surface area (Å²) in [5.41, 5.74) is 1.13. The van der Waals surface area contributed by atoms with Gasteiger partial charge in [0.1, 0.15) is 0 Å². The van der Waals surface area contributed by atoms with Gasteiger partial charge in [0, 0.05) is 0 Å². The maximum absolute atomic E-state index is 13.8. The van der Waals surface area contributed by atoms with Crippen molar-refractivity contribution in [3.8, 4) is 0 Å². The van der Waals surface area contributed by atoms with Crippen molar-refractivity contribution in [2.45, 2.75) is 35.7 Å². The van der Waals surface area contributed by atoms with E-state index in [-0.39, 0.29) is 13.2 Å². The van der Waals surface area contributed by atoms with Gasteiger partial charge in [-0.2, -0.15) is 0 Å². The third kappa shape index (κ3) is 6.08. The van der Waals surface area contributed by atoms with E-state index in [1.165, 1.54) is 0 Å². The molecule has 0 saturated carbocycles. The molecule has 10 heteroatoms. The van der Waals surface area contributed by atoms with Crippen LogP contribution in [0.5, 0.6) is 0 Å². The molecular weight excluding hydrogens is 500 g/mol. The van der Waals surface area contributed by atoms with Crippen molar-refractivity contribution >= 4 is 20.6 Å². The van der Waals surface area contributed by atoms with Gasteiger partial charge in [0.25, 0.3) is 0 Å². The molecule has 2 rings (SSSR count). The van der Waals surface area contributed by atoms with Crippen molar-refractivity contribution in [3.05, 3.63) is 71.8 Å². The fourth-order valence-corrected chi connectivity index (χ4v) is 6.48. The minimum absolute atomic E-state index is 0.210. The molecule has 0 unspecified atom stereocenters. The molecule has 0 fully saturated rings. The van der Waals surface area contributed by atoms with Gasteiger partial charge >= 0.3 is 165 Å². The summed E-state index contributed by atoms with van der Waals surface area (Å²) in [6, 6.07) is 16.5. The summed E-state index contributed by atoms with van der Waals surface area (Å²) in [6.07, 6.45) is -6.37. The molecular formula is C18H16F7O2Sn. The average molecular weight is 516 g/mol. The molecule has 0 N–H and O–H groups in total. The minimum atomic E-state index is -6.37. The van der Waals surface area contributed by atoms with Crippen molar-refractivity contribution in [2.24, 2.45) is 0 Å². The van der Waals surface area contributed by atoms with Crippen LogP contribution in [0.25, 0.3) is 0 Å². The Morgan fingerprint density at radius 2 is 1.04 bits per heavy atom. The molecule has 0 heterocycles. The van der Waals surface area contributed by atoms with E-state index >= 15 is 0 Å². The van der Waals surface area contributed by atoms with Gasteiger partial charge in [0.15, 0.2) is 0 Å². The summed E-state index contributed by atoms with van der Waals surface area (Å²) < 4.78 is 100. The molecule has 0 aromatic heterocycles. The zero-order chi connectivity index (χ0) is 20.8. The van der Waals surface area contributed by atoms with E-state index in [9.17, 15) is 30.7 Å². The second kappa shape index (κ2) is 9.44. The Bertz CT molecular complexity index is 680. The molecule has 153 valence electrons. The van der Waals surface area contributed by atoms with Crippen LogP contribution in [-0.4, -0.2) is 38.6 Å². The Balaban J connectivity index is 2.11. The first kappa shape index (κ1) is 23.0. The monoisotopic (exact) mass is 517 g/mol. The Labute approximate surface area is 165 Å². The molecule has 0 aliphatic carbocycles. The molecule has 2 aromatic carbocycles. The molecule has 0 spiro atoms. The number of rotatable bonds is 9. The number of hydrogen-bond donors (Lipinski definition) is 0. The molecule has 0 atom stereocenters.